The molecule has 98 valence electrons. The highest BCUT2D eigenvalue weighted by Crippen LogP contribution is 2.35. The molecule has 0 aromatic carbocycles. The van der Waals surface area contributed by atoms with Crippen LogP contribution in [0.2, 0.25) is 0 Å². The predicted molar refractivity (Wildman–Crippen MR) is 64.8 cm³/mol. The lowest BCUT2D eigenvalue weighted by Crippen LogP contribution is -2.52. The lowest BCUT2D eigenvalue weighted by Gasteiger charge is -2.42. The maximum absolute atomic E-state index is 11.1. The van der Waals surface area contributed by atoms with E-state index in [1.807, 2.05) is 0 Å². The summed E-state index contributed by atoms with van der Waals surface area (Å²) in [5.41, 5.74) is 0. The molecule has 2 N–H and O–H groups in total. The minimum Gasteiger partial charge on any atom is -0.481 e. The summed E-state index contributed by atoms with van der Waals surface area (Å²) in [6.45, 7) is 4.36. The molecule has 0 bridgehead atoms. The fourth-order valence-electron chi connectivity index (χ4n) is 3.54. The minimum atomic E-state index is -0.707. The molecule has 5 atom stereocenters. The van der Waals surface area contributed by atoms with Gasteiger partial charge in [-0.15, -0.1) is 0 Å². The normalized spacial score (nSPS) is 43.8. The highest BCUT2D eigenvalue weighted by Gasteiger charge is 2.41. The van der Waals surface area contributed by atoms with Gasteiger partial charge in [-0.05, 0) is 46.0 Å². The number of nitrogens with zero attached hydrogens (tertiary/aromatic N) is 1. The average molecular weight is 241 g/mol. The second-order valence-electron chi connectivity index (χ2n) is 5.71. The summed E-state index contributed by atoms with van der Waals surface area (Å²) >= 11 is 0. The molecule has 1 saturated heterocycles. The first-order valence-corrected chi connectivity index (χ1v) is 6.69. The van der Waals surface area contributed by atoms with Crippen molar-refractivity contribution in [3.8, 4) is 0 Å². The Kier molecular flexibility index (Phi) is 3.73. The van der Waals surface area contributed by atoms with Crippen molar-refractivity contribution in [3.05, 3.63) is 0 Å². The van der Waals surface area contributed by atoms with Crippen LogP contribution in [0.25, 0.3) is 0 Å². The van der Waals surface area contributed by atoms with E-state index >= 15 is 0 Å². The van der Waals surface area contributed by atoms with Crippen LogP contribution in [0, 0.1) is 5.92 Å². The molecule has 1 aliphatic heterocycles. The highest BCUT2D eigenvalue weighted by atomic mass is 16.4. The van der Waals surface area contributed by atoms with Crippen molar-refractivity contribution in [2.45, 2.75) is 70.2 Å². The Hall–Kier alpha value is -0.610. The number of aliphatic hydroxyl groups is 1. The second-order valence-corrected chi connectivity index (χ2v) is 5.71. The Labute approximate surface area is 103 Å². The van der Waals surface area contributed by atoms with Crippen molar-refractivity contribution in [3.63, 3.8) is 0 Å². The Bertz CT molecular complexity index is 284. The number of carboxylic acid groups (broad SMARTS) is 1. The molecule has 1 saturated carbocycles. The number of hydrogen-bond acceptors (Lipinski definition) is 3. The maximum atomic E-state index is 11.1. The number of rotatable bonds is 2. The molecule has 0 amide bonds. The van der Waals surface area contributed by atoms with Gasteiger partial charge in [0.05, 0.1) is 12.0 Å². The molecule has 4 heteroatoms. The van der Waals surface area contributed by atoms with Gasteiger partial charge in [-0.3, -0.25) is 9.69 Å². The van der Waals surface area contributed by atoms with Gasteiger partial charge < -0.3 is 10.2 Å². The molecule has 0 aromatic rings. The Morgan fingerprint density at radius 2 is 1.71 bits per heavy atom. The first kappa shape index (κ1) is 12.8. The smallest absolute Gasteiger partial charge is 0.306 e. The number of hydrogen-bond donors (Lipinski definition) is 2. The molecular formula is C13H23NO3. The average Bonchev–Trinajstić information content (AvgIpc) is 2.59. The Morgan fingerprint density at radius 3 is 2.24 bits per heavy atom. The van der Waals surface area contributed by atoms with Crippen molar-refractivity contribution < 1.29 is 15.0 Å². The van der Waals surface area contributed by atoms with E-state index < -0.39 is 5.97 Å². The van der Waals surface area contributed by atoms with Crippen LogP contribution in [0.5, 0.6) is 0 Å². The second kappa shape index (κ2) is 4.94. The van der Waals surface area contributed by atoms with E-state index in [0.717, 1.165) is 12.8 Å². The largest absolute Gasteiger partial charge is 0.481 e. The first-order chi connectivity index (χ1) is 8.00. The van der Waals surface area contributed by atoms with E-state index in [1.165, 1.54) is 0 Å². The van der Waals surface area contributed by atoms with Gasteiger partial charge in [0.15, 0.2) is 0 Å². The molecule has 5 unspecified atom stereocenters. The number of likely N-dealkylation sites (tertiary alicyclic amines) is 1. The molecule has 0 aromatic heterocycles. The van der Waals surface area contributed by atoms with Gasteiger partial charge in [0.1, 0.15) is 0 Å². The number of aliphatic hydroxyl groups excluding tert-OH is 1. The van der Waals surface area contributed by atoms with Gasteiger partial charge in [0.2, 0.25) is 0 Å². The van der Waals surface area contributed by atoms with E-state index in [0.29, 0.717) is 31.3 Å². The van der Waals surface area contributed by atoms with Crippen LogP contribution in [-0.2, 0) is 4.79 Å². The maximum Gasteiger partial charge on any atom is 0.306 e. The summed E-state index contributed by atoms with van der Waals surface area (Å²) in [6, 6.07) is 0.978. The zero-order valence-corrected chi connectivity index (χ0v) is 10.7. The van der Waals surface area contributed by atoms with Crippen LogP contribution in [0.4, 0.5) is 0 Å². The van der Waals surface area contributed by atoms with Crippen molar-refractivity contribution in [2.24, 2.45) is 5.92 Å². The predicted octanol–water partition coefficient (Wildman–Crippen LogP) is 1.47. The van der Waals surface area contributed by atoms with Crippen LogP contribution < -0.4 is 0 Å². The van der Waals surface area contributed by atoms with Crippen LogP contribution in [0.1, 0.15) is 46.0 Å². The first-order valence-electron chi connectivity index (χ1n) is 6.69. The summed E-state index contributed by atoms with van der Waals surface area (Å²) in [6.07, 6.45) is 3.80. The van der Waals surface area contributed by atoms with Crippen molar-refractivity contribution in [2.75, 3.05) is 0 Å². The van der Waals surface area contributed by atoms with E-state index in [9.17, 15) is 9.90 Å². The minimum absolute atomic E-state index is 0.0392. The highest BCUT2D eigenvalue weighted by molar-refractivity contribution is 5.70. The fraction of sp³-hybridized carbons (Fsp3) is 0.923. The summed E-state index contributed by atoms with van der Waals surface area (Å²) in [4.78, 5) is 13.4. The third-order valence-electron chi connectivity index (χ3n) is 4.53. The van der Waals surface area contributed by atoms with Crippen molar-refractivity contribution >= 4 is 5.97 Å². The van der Waals surface area contributed by atoms with Gasteiger partial charge >= 0.3 is 5.97 Å². The zero-order valence-electron chi connectivity index (χ0n) is 10.7. The number of carboxylic acids is 1. The van der Waals surface area contributed by atoms with Gasteiger partial charge in [-0.25, -0.2) is 0 Å². The van der Waals surface area contributed by atoms with Crippen molar-refractivity contribution in [1.29, 1.82) is 0 Å². The van der Waals surface area contributed by atoms with Gasteiger partial charge in [-0.2, -0.15) is 0 Å². The third kappa shape index (κ3) is 2.47. The summed E-state index contributed by atoms with van der Waals surface area (Å²) in [7, 11) is 0. The molecule has 0 radical (unpaired) electrons. The summed E-state index contributed by atoms with van der Waals surface area (Å²) in [5, 5.41) is 19.2. The van der Waals surface area contributed by atoms with E-state index in [2.05, 4.69) is 18.7 Å². The van der Waals surface area contributed by atoms with Crippen LogP contribution in [0.3, 0.4) is 0 Å². The van der Waals surface area contributed by atoms with E-state index in [-0.39, 0.29) is 18.1 Å². The lowest BCUT2D eigenvalue weighted by molar-refractivity contribution is -0.145. The molecule has 2 aliphatic rings. The SMILES string of the molecule is CC1CCC(C)N1C1CC(C(=O)O)CCC1O. The number of aliphatic carboxylic acids is 1. The zero-order chi connectivity index (χ0) is 12.6. The molecule has 2 rings (SSSR count). The van der Waals surface area contributed by atoms with Gasteiger partial charge in [0.25, 0.3) is 0 Å². The molecule has 2 fully saturated rings. The fourth-order valence-corrected chi connectivity index (χ4v) is 3.54. The van der Waals surface area contributed by atoms with Crippen LogP contribution >= 0.6 is 0 Å². The quantitative estimate of drug-likeness (QED) is 0.768. The van der Waals surface area contributed by atoms with E-state index in [4.69, 9.17) is 5.11 Å². The Balaban J connectivity index is 2.09. The molecule has 0 spiro atoms. The number of carbonyl (C=O) groups is 1. The Morgan fingerprint density at radius 1 is 1.12 bits per heavy atom. The topological polar surface area (TPSA) is 60.8 Å². The monoisotopic (exact) mass is 241 g/mol. The molecule has 17 heavy (non-hydrogen) atoms. The summed E-state index contributed by atoms with van der Waals surface area (Å²) in [5.74, 6) is -0.982. The van der Waals surface area contributed by atoms with Gasteiger partial charge in [-0.1, -0.05) is 0 Å². The molecule has 4 nitrogen and oxygen atoms in total. The van der Waals surface area contributed by atoms with E-state index in [1.54, 1.807) is 0 Å². The molecular weight excluding hydrogens is 218 g/mol. The molecule has 1 aliphatic carbocycles. The van der Waals surface area contributed by atoms with Crippen LogP contribution in [0.15, 0.2) is 0 Å². The van der Waals surface area contributed by atoms with Gasteiger partial charge in [0, 0.05) is 18.1 Å². The van der Waals surface area contributed by atoms with Crippen LogP contribution in [-0.4, -0.2) is 45.3 Å². The van der Waals surface area contributed by atoms with Crippen molar-refractivity contribution in [1.82, 2.24) is 4.90 Å². The molecule has 1 heterocycles. The summed E-state index contributed by atoms with van der Waals surface area (Å²) < 4.78 is 0. The lowest BCUT2D eigenvalue weighted by atomic mass is 9.82. The standard InChI is InChI=1S/C13H23NO3/c1-8-3-4-9(2)14(8)11-7-10(13(16)17)5-6-12(11)15/h8-12,15H,3-7H2,1-2H3,(H,16,17). The third-order valence-corrected chi connectivity index (χ3v) is 4.53.